The summed E-state index contributed by atoms with van der Waals surface area (Å²) in [6.07, 6.45) is 1.74. The lowest BCUT2D eigenvalue weighted by atomic mass is 9.84. The third-order valence-corrected chi connectivity index (χ3v) is 2.77. The van der Waals surface area contributed by atoms with Gasteiger partial charge in [-0.05, 0) is 19.4 Å². The molecule has 78 valence electrons. The third-order valence-electron chi connectivity index (χ3n) is 2.77. The van der Waals surface area contributed by atoms with Crippen LogP contribution in [0.15, 0.2) is 36.7 Å². The van der Waals surface area contributed by atoms with Gasteiger partial charge in [-0.15, -0.1) is 10.2 Å². The molecule has 0 amide bonds. The fourth-order valence-corrected chi connectivity index (χ4v) is 1.83. The molecule has 0 saturated carbocycles. The quantitative estimate of drug-likeness (QED) is 0.745. The monoisotopic (exact) mass is 201 g/mol. The first-order valence-corrected chi connectivity index (χ1v) is 5.02. The molecule has 0 unspecified atom stereocenters. The van der Waals surface area contributed by atoms with Crippen LogP contribution in [0.2, 0.25) is 0 Å². The molecule has 0 fully saturated rings. The van der Waals surface area contributed by atoms with Crippen molar-refractivity contribution in [2.45, 2.75) is 19.3 Å². The van der Waals surface area contributed by atoms with Crippen molar-refractivity contribution in [3.05, 3.63) is 48.0 Å². The molecule has 0 saturated heterocycles. The molecule has 2 rings (SSSR count). The maximum atomic E-state index is 4.18. The zero-order chi connectivity index (χ0) is 10.9. The minimum absolute atomic E-state index is 0.105. The Bertz CT molecular complexity index is 443. The van der Waals surface area contributed by atoms with E-state index in [-0.39, 0.29) is 5.41 Å². The highest BCUT2D eigenvalue weighted by Crippen LogP contribution is 2.28. The van der Waals surface area contributed by atoms with Gasteiger partial charge < -0.3 is 4.57 Å². The molecule has 1 aromatic heterocycles. The summed E-state index contributed by atoms with van der Waals surface area (Å²) in [4.78, 5) is 0. The summed E-state index contributed by atoms with van der Waals surface area (Å²) >= 11 is 0. The first-order chi connectivity index (χ1) is 7.12. The van der Waals surface area contributed by atoms with Crippen LogP contribution >= 0.6 is 0 Å². The first-order valence-electron chi connectivity index (χ1n) is 5.02. The van der Waals surface area contributed by atoms with Crippen LogP contribution in [0.4, 0.5) is 0 Å². The maximum Gasteiger partial charge on any atom is 0.142 e. The van der Waals surface area contributed by atoms with Crippen molar-refractivity contribution >= 4 is 0 Å². The molecule has 0 atom stereocenters. The maximum absolute atomic E-state index is 4.18. The highest BCUT2D eigenvalue weighted by Gasteiger charge is 2.27. The lowest BCUT2D eigenvalue weighted by Gasteiger charge is -2.23. The van der Waals surface area contributed by atoms with E-state index >= 15 is 0 Å². The fraction of sp³-hybridized carbons (Fsp3) is 0.333. The molecule has 0 aliphatic carbocycles. The van der Waals surface area contributed by atoms with Crippen molar-refractivity contribution in [3.8, 4) is 0 Å². The van der Waals surface area contributed by atoms with Crippen molar-refractivity contribution in [2.24, 2.45) is 7.05 Å². The van der Waals surface area contributed by atoms with E-state index in [1.807, 2.05) is 29.8 Å². The summed E-state index contributed by atoms with van der Waals surface area (Å²) in [5, 5.41) is 8.10. The van der Waals surface area contributed by atoms with E-state index in [2.05, 4.69) is 36.2 Å². The Kier molecular flexibility index (Phi) is 2.31. The number of rotatable bonds is 2. The average molecular weight is 201 g/mol. The largest absolute Gasteiger partial charge is 0.320 e. The topological polar surface area (TPSA) is 30.7 Å². The average Bonchev–Trinajstić information content (AvgIpc) is 2.66. The van der Waals surface area contributed by atoms with Gasteiger partial charge in [0.2, 0.25) is 0 Å². The van der Waals surface area contributed by atoms with Crippen LogP contribution in [0.3, 0.4) is 0 Å². The molecular weight excluding hydrogens is 186 g/mol. The van der Waals surface area contributed by atoms with Crippen LogP contribution in [0.5, 0.6) is 0 Å². The van der Waals surface area contributed by atoms with Crippen LogP contribution in [-0.4, -0.2) is 14.8 Å². The molecule has 0 radical (unpaired) electrons. The molecule has 1 aromatic carbocycles. The van der Waals surface area contributed by atoms with Crippen molar-refractivity contribution in [2.75, 3.05) is 0 Å². The standard InChI is InChI=1S/C12H15N3/c1-12(2,10-7-5-4-6-8-10)11-14-13-9-15(11)3/h4-9H,1-3H3. The normalized spacial score (nSPS) is 11.7. The van der Waals surface area contributed by atoms with Gasteiger partial charge in [0, 0.05) is 12.5 Å². The predicted molar refractivity (Wildman–Crippen MR) is 59.6 cm³/mol. The predicted octanol–water partition coefficient (Wildman–Crippen LogP) is 2.14. The third kappa shape index (κ3) is 1.65. The SMILES string of the molecule is Cn1cnnc1C(C)(C)c1ccccc1. The number of nitrogens with zero attached hydrogens (tertiary/aromatic N) is 3. The molecule has 1 heterocycles. The summed E-state index contributed by atoms with van der Waals surface area (Å²) < 4.78 is 1.97. The zero-order valence-electron chi connectivity index (χ0n) is 9.31. The van der Waals surface area contributed by atoms with Gasteiger partial charge in [0.15, 0.2) is 0 Å². The van der Waals surface area contributed by atoms with Crippen molar-refractivity contribution in [3.63, 3.8) is 0 Å². The number of aromatic nitrogens is 3. The highest BCUT2D eigenvalue weighted by atomic mass is 15.3. The Morgan fingerprint density at radius 2 is 1.80 bits per heavy atom. The van der Waals surface area contributed by atoms with E-state index in [4.69, 9.17) is 0 Å². The zero-order valence-corrected chi connectivity index (χ0v) is 9.31. The molecule has 0 spiro atoms. The number of benzene rings is 1. The van der Waals surface area contributed by atoms with Gasteiger partial charge in [0.05, 0.1) is 0 Å². The minimum atomic E-state index is -0.105. The molecule has 0 N–H and O–H groups in total. The Morgan fingerprint density at radius 1 is 1.13 bits per heavy atom. The molecule has 3 heteroatoms. The minimum Gasteiger partial charge on any atom is -0.320 e. The van der Waals surface area contributed by atoms with Gasteiger partial charge in [0.25, 0.3) is 0 Å². The van der Waals surface area contributed by atoms with Crippen LogP contribution in [0.25, 0.3) is 0 Å². The summed E-state index contributed by atoms with van der Waals surface area (Å²) in [5.74, 6) is 0.980. The van der Waals surface area contributed by atoms with Gasteiger partial charge in [-0.3, -0.25) is 0 Å². The van der Waals surface area contributed by atoms with Crippen LogP contribution < -0.4 is 0 Å². The summed E-state index contributed by atoms with van der Waals surface area (Å²) in [6, 6.07) is 10.4. The number of hydrogen-bond acceptors (Lipinski definition) is 2. The van der Waals surface area contributed by atoms with E-state index in [0.717, 1.165) is 5.82 Å². The van der Waals surface area contributed by atoms with Crippen molar-refractivity contribution < 1.29 is 0 Å². The Balaban J connectivity index is 2.48. The van der Waals surface area contributed by atoms with E-state index in [0.29, 0.717) is 0 Å². The molecule has 0 aliphatic heterocycles. The molecular formula is C12H15N3. The molecule has 0 aliphatic rings. The summed E-state index contributed by atoms with van der Waals surface area (Å²) in [7, 11) is 1.97. The molecule has 15 heavy (non-hydrogen) atoms. The smallest absolute Gasteiger partial charge is 0.142 e. The van der Waals surface area contributed by atoms with Gasteiger partial charge in [-0.1, -0.05) is 30.3 Å². The van der Waals surface area contributed by atoms with Gasteiger partial charge >= 0.3 is 0 Å². The Hall–Kier alpha value is -1.64. The van der Waals surface area contributed by atoms with Crippen molar-refractivity contribution in [1.82, 2.24) is 14.8 Å². The van der Waals surface area contributed by atoms with E-state index in [1.165, 1.54) is 5.56 Å². The molecule has 2 aromatic rings. The van der Waals surface area contributed by atoms with Gasteiger partial charge in [0.1, 0.15) is 12.2 Å². The van der Waals surface area contributed by atoms with Crippen LogP contribution in [0, 0.1) is 0 Å². The van der Waals surface area contributed by atoms with Crippen LogP contribution in [0.1, 0.15) is 25.2 Å². The summed E-state index contributed by atoms with van der Waals surface area (Å²) in [5.41, 5.74) is 1.15. The lowest BCUT2D eigenvalue weighted by molar-refractivity contribution is 0.560. The Labute approximate surface area is 89.8 Å². The van der Waals surface area contributed by atoms with Gasteiger partial charge in [-0.2, -0.15) is 0 Å². The van der Waals surface area contributed by atoms with Crippen LogP contribution in [-0.2, 0) is 12.5 Å². The Morgan fingerprint density at radius 3 is 2.33 bits per heavy atom. The fourth-order valence-electron chi connectivity index (χ4n) is 1.83. The molecule has 0 bridgehead atoms. The molecule has 3 nitrogen and oxygen atoms in total. The van der Waals surface area contributed by atoms with E-state index < -0.39 is 0 Å². The second kappa shape index (κ2) is 3.50. The number of hydrogen-bond donors (Lipinski definition) is 0. The lowest BCUT2D eigenvalue weighted by Crippen LogP contribution is -2.23. The van der Waals surface area contributed by atoms with E-state index in [1.54, 1.807) is 6.33 Å². The first kappa shape index (κ1) is 9.90. The number of aryl methyl sites for hydroxylation is 1. The van der Waals surface area contributed by atoms with Gasteiger partial charge in [-0.25, -0.2) is 0 Å². The second-order valence-electron chi connectivity index (χ2n) is 4.26. The summed E-state index contributed by atoms with van der Waals surface area (Å²) in [6.45, 7) is 4.32. The van der Waals surface area contributed by atoms with E-state index in [9.17, 15) is 0 Å². The second-order valence-corrected chi connectivity index (χ2v) is 4.26. The van der Waals surface area contributed by atoms with Crippen molar-refractivity contribution in [1.29, 1.82) is 0 Å². The highest BCUT2D eigenvalue weighted by molar-refractivity contribution is 5.30.